The van der Waals surface area contributed by atoms with Crippen LogP contribution in [0.15, 0.2) is 0 Å². The zero-order valence-corrected chi connectivity index (χ0v) is 10.9. The molecule has 0 spiro atoms. The van der Waals surface area contributed by atoms with Crippen LogP contribution >= 0.6 is 0 Å². The van der Waals surface area contributed by atoms with Crippen molar-refractivity contribution in [3.63, 3.8) is 0 Å². The summed E-state index contributed by atoms with van der Waals surface area (Å²) in [7, 11) is 2.10. The number of likely N-dealkylation sites (N-methyl/N-ethyl adjacent to an activating group) is 1. The van der Waals surface area contributed by atoms with Crippen LogP contribution in [0.1, 0.15) is 52.9 Å². The summed E-state index contributed by atoms with van der Waals surface area (Å²) < 4.78 is 0. The summed E-state index contributed by atoms with van der Waals surface area (Å²) in [5.74, 6) is 0.880. The Balaban J connectivity index is 2.47. The molecule has 90 valence electrons. The molecule has 0 amide bonds. The standard InChI is InChI=1S/C13H28N2/c1-5-6-9-15-12-10-11(2)7-8-13(12,3)14-4/h11-12,14-15H,5-10H2,1-4H3. The van der Waals surface area contributed by atoms with E-state index in [1.807, 2.05) is 0 Å². The van der Waals surface area contributed by atoms with E-state index in [-0.39, 0.29) is 0 Å². The number of hydrogen-bond acceptors (Lipinski definition) is 2. The van der Waals surface area contributed by atoms with E-state index in [1.165, 1.54) is 38.6 Å². The van der Waals surface area contributed by atoms with E-state index in [0.29, 0.717) is 11.6 Å². The fraction of sp³-hybridized carbons (Fsp3) is 1.00. The Kier molecular flexibility index (Phi) is 5.07. The predicted molar refractivity (Wildman–Crippen MR) is 67.2 cm³/mol. The maximum Gasteiger partial charge on any atom is 0.0304 e. The summed E-state index contributed by atoms with van der Waals surface area (Å²) in [5, 5.41) is 7.25. The van der Waals surface area contributed by atoms with Gasteiger partial charge in [0.2, 0.25) is 0 Å². The molecular weight excluding hydrogens is 184 g/mol. The number of rotatable bonds is 5. The molecule has 2 nitrogen and oxygen atoms in total. The molecule has 2 N–H and O–H groups in total. The van der Waals surface area contributed by atoms with Crippen LogP contribution in [0.2, 0.25) is 0 Å². The first-order chi connectivity index (χ1) is 7.12. The molecule has 3 unspecified atom stereocenters. The molecule has 15 heavy (non-hydrogen) atoms. The molecule has 0 aromatic carbocycles. The molecule has 0 aliphatic heterocycles. The highest BCUT2D eigenvalue weighted by Gasteiger charge is 2.36. The van der Waals surface area contributed by atoms with Gasteiger partial charge in [0.25, 0.3) is 0 Å². The van der Waals surface area contributed by atoms with Gasteiger partial charge in [0.15, 0.2) is 0 Å². The lowest BCUT2D eigenvalue weighted by Gasteiger charge is -2.44. The molecule has 0 aromatic rings. The maximum atomic E-state index is 3.73. The maximum absolute atomic E-state index is 3.73. The minimum atomic E-state index is 0.306. The third-order valence-corrected chi connectivity index (χ3v) is 4.06. The molecule has 0 radical (unpaired) electrons. The van der Waals surface area contributed by atoms with Crippen LogP contribution in [-0.2, 0) is 0 Å². The first-order valence-corrected chi connectivity index (χ1v) is 6.54. The van der Waals surface area contributed by atoms with Gasteiger partial charge in [-0.25, -0.2) is 0 Å². The highest BCUT2D eigenvalue weighted by molar-refractivity contribution is 4.98. The van der Waals surface area contributed by atoms with Gasteiger partial charge in [0.1, 0.15) is 0 Å². The van der Waals surface area contributed by atoms with Crippen molar-refractivity contribution in [2.45, 2.75) is 64.5 Å². The molecule has 1 rings (SSSR count). The van der Waals surface area contributed by atoms with Crippen molar-refractivity contribution in [1.82, 2.24) is 10.6 Å². The summed E-state index contributed by atoms with van der Waals surface area (Å²) in [5.41, 5.74) is 0.306. The number of nitrogens with one attached hydrogen (secondary N) is 2. The fourth-order valence-corrected chi connectivity index (χ4v) is 2.56. The average Bonchev–Trinajstić information content (AvgIpc) is 2.24. The minimum absolute atomic E-state index is 0.306. The van der Waals surface area contributed by atoms with Crippen molar-refractivity contribution in [2.24, 2.45) is 5.92 Å². The summed E-state index contributed by atoms with van der Waals surface area (Å²) >= 11 is 0. The van der Waals surface area contributed by atoms with Gasteiger partial charge in [0.05, 0.1) is 0 Å². The Bertz CT molecular complexity index is 181. The topological polar surface area (TPSA) is 24.1 Å². The fourth-order valence-electron chi connectivity index (χ4n) is 2.56. The van der Waals surface area contributed by atoms with Gasteiger partial charge in [-0.2, -0.15) is 0 Å². The molecule has 1 aliphatic carbocycles. The van der Waals surface area contributed by atoms with Crippen molar-refractivity contribution in [1.29, 1.82) is 0 Å². The summed E-state index contributed by atoms with van der Waals surface area (Å²) in [4.78, 5) is 0. The van der Waals surface area contributed by atoms with Gasteiger partial charge < -0.3 is 10.6 Å². The Morgan fingerprint density at radius 2 is 2.13 bits per heavy atom. The highest BCUT2D eigenvalue weighted by Crippen LogP contribution is 2.31. The van der Waals surface area contributed by atoms with Crippen molar-refractivity contribution in [2.75, 3.05) is 13.6 Å². The molecular formula is C13H28N2. The van der Waals surface area contributed by atoms with Gasteiger partial charge in [-0.05, 0) is 52.1 Å². The Hall–Kier alpha value is -0.0800. The van der Waals surface area contributed by atoms with E-state index in [1.54, 1.807) is 0 Å². The average molecular weight is 212 g/mol. The highest BCUT2D eigenvalue weighted by atomic mass is 15.1. The van der Waals surface area contributed by atoms with Crippen LogP contribution in [0.4, 0.5) is 0 Å². The second-order valence-corrected chi connectivity index (χ2v) is 5.41. The van der Waals surface area contributed by atoms with E-state index in [4.69, 9.17) is 0 Å². The molecule has 0 saturated heterocycles. The van der Waals surface area contributed by atoms with E-state index in [9.17, 15) is 0 Å². The van der Waals surface area contributed by atoms with Gasteiger partial charge in [-0.15, -0.1) is 0 Å². The van der Waals surface area contributed by atoms with Crippen molar-refractivity contribution in [3.8, 4) is 0 Å². The molecule has 0 bridgehead atoms. The van der Waals surface area contributed by atoms with Crippen LogP contribution in [0, 0.1) is 5.92 Å². The second kappa shape index (κ2) is 5.86. The van der Waals surface area contributed by atoms with E-state index in [0.717, 1.165) is 5.92 Å². The van der Waals surface area contributed by atoms with Gasteiger partial charge in [0, 0.05) is 11.6 Å². The lowest BCUT2D eigenvalue weighted by atomic mass is 9.74. The van der Waals surface area contributed by atoms with Crippen molar-refractivity contribution in [3.05, 3.63) is 0 Å². The van der Waals surface area contributed by atoms with Crippen LogP contribution in [0.5, 0.6) is 0 Å². The smallest absolute Gasteiger partial charge is 0.0304 e. The lowest BCUT2D eigenvalue weighted by molar-refractivity contribution is 0.162. The zero-order chi connectivity index (χ0) is 11.3. The van der Waals surface area contributed by atoms with E-state index < -0.39 is 0 Å². The molecule has 2 heteroatoms. The van der Waals surface area contributed by atoms with Crippen LogP contribution < -0.4 is 10.6 Å². The third kappa shape index (κ3) is 3.46. The van der Waals surface area contributed by atoms with E-state index >= 15 is 0 Å². The van der Waals surface area contributed by atoms with Crippen molar-refractivity contribution >= 4 is 0 Å². The Morgan fingerprint density at radius 1 is 1.40 bits per heavy atom. The largest absolute Gasteiger partial charge is 0.313 e. The van der Waals surface area contributed by atoms with Crippen LogP contribution in [-0.4, -0.2) is 25.2 Å². The predicted octanol–water partition coefficient (Wildman–Crippen LogP) is 2.54. The number of hydrogen-bond donors (Lipinski definition) is 2. The molecule has 3 atom stereocenters. The molecule has 1 aliphatic rings. The molecule has 0 aromatic heterocycles. The summed E-state index contributed by atoms with van der Waals surface area (Å²) in [6.07, 6.45) is 6.56. The molecule has 1 fully saturated rings. The first-order valence-electron chi connectivity index (χ1n) is 6.54. The monoisotopic (exact) mass is 212 g/mol. The first kappa shape index (κ1) is 13.0. The zero-order valence-electron chi connectivity index (χ0n) is 10.9. The van der Waals surface area contributed by atoms with Gasteiger partial charge in [-0.1, -0.05) is 20.3 Å². The summed E-state index contributed by atoms with van der Waals surface area (Å²) in [6.45, 7) is 8.17. The summed E-state index contributed by atoms with van der Waals surface area (Å²) in [6, 6.07) is 0.651. The number of unbranched alkanes of at least 4 members (excludes halogenated alkanes) is 1. The third-order valence-electron chi connectivity index (χ3n) is 4.06. The normalized spacial score (nSPS) is 36.8. The van der Waals surface area contributed by atoms with Gasteiger partial charge in [-0.3, -0.25) is 0 Å². The quantitative estimate of drug-likeness (QED) is 0.684. The second-order valence-electron chi connectivity index (χ2n) is 5.41. The van der Waals surface area contributed by atoms with Gasteiger partial charge >= 0.3 is 0 Å². The Labute approximate surface area is 95.2 Å². The minimum Gasteiger partial charge on any atom is -0.313 e. The molecule has 1 saturated carbocycles. The van der Waals surface area contributed by atoms with Crippen LogP contribution in [0.3, 0.4) is 0 Å². The van der Waals surface area contributed by atoms with E-state index in [2.05, 4.69) is 38.5 Å². The van der Waals surface area contributed by atoms with Crippen molar-refractivity contribution < 1.29 is 0 Å². The van der Waals surface area contributed by atoms with Crippen LogP contribution in [0.25, 0.3) is 0 Å². The SMILES string of the molecule is CCCCNC1CC(C)CCC1(C)NC. The molecule has 0 heterocycles. The lowest BCUT2D eigenvalue weighted by Crippen LogP contribution is -2.59. The Morgan fingerprint density at radius 3 is 2.73 bits per heavy atom.